The lowest BCUT2D eigenvalue weighted by Gasteiger charge is -2.22. The van der Waals surface area contributed by atoms with Crippen LogP contribution in [0.3, 0.4) is 0 Å². The van der Waals surface area contributed by atoms with Crippen molar-refractivity contribution in [2.24, 2.45) is 0 Å². The van der Waals surface area contributed by atoms with Crippen molar-refractivity contribution < 1.29 is 13.3 Å². The number of nitro groups is 1. The van der Waals surface area contributed by atoms with E-state index in [4.69, 9.17) is 16.9 Å². The maximum Gasteiger partial charge on any atom is 0.289 e. The van der Waals surface area contributed by atoms with Crippen molar-refractivity contribution in [3.63, 3.8) is 0 Å². The Morgan fingerprint density at radius 2 is 2.15 bits per heavy atom. The minimum atomic E-state index is -3.91. The number of benzene rings is 1. The van der Waals surface area contributed by atoms with Crippen LogP contribution in [0.15, 0.2) is 23.1 Å². The fourth-order valence-electron chi connectivity index (χ4n) is 1.46. The lowest BCUT2D eigenvalue weighted by atomic mass is 10.3. The van der Waals surface area contributed by atoms with Gasteiger partial charge in [0.25, 0.3) is 5.69 Å². The molecule has 1 aromatic rings. The van der Waals surface area contributed by atoms with Crippen LogP contribution in [0, 0.1) is 21.4 Å². The molecule has 0 bridgehead atoms. The Balaban J connectivity index is 3.27. The van der Waals surface area contributed by atoms with Crippen molar-refractivity contribution in [2.45, 2.75) is 24.3 Å². The first-order valence-corrected chi connectivity index (χ1v) is 7.32. The monoisotopic (exact) mass is 317 g/mol. The van der Waals surface area contributed by atoms with Crippen LogP contribution in [-0.2, 0) is 10.0 Å². The molecule has 20 heavy (non-hydrogen) atoms. The van der Waals surface area contributed by atoms with Gasteiger partial charge in [0.1, 0.15) is 5.02 Å². The Morgan fingerprint density at radius 1 is 1.55 bits per heavy atom. The second kappa shape index (κ2) is 6.17. The largest absolute Gasteiger partial charge is 0.289 e. The number of sulfonamides is 1. The summed E-state index contributed by atoms with van der Waals surface area (Å²) in [6, 6.07) is 4.60. The molecule has 0 aliphatic heterocycles. The van der Waals surface area contributed by atoms with Gasteiger partial charge in [0.05, 0.1) is 22.3 Å². The maximum absolute atomic E-state index is 12.3. The van der Waals surface area contributed by atoms with Crippen LogP contribution >= 0.6 is 11.6 Å². The van der Waals surface area contributed by atoms with Crippen LogP contribution in [0.2, 0.25) is 5.02 Å². The molecule has 9 heteroatoms. The molecular weight excluding hydrogens is 306 g/mol. The van der Waals surface area contributed by atoms with Crippen LogP contribution in [-0.4, -0.2) is 30.7 Å². The third kappa shape index (κ3) is 3.25. The Kier molecular flexibility index (Phi) is 5.05. The summed E-state index contributed by atoms with van der Waals surface area (Å²) in [6.07, 6.45) is 0.0193. The quantitative estimate of drug-likeness (QED) is 0.611. The van der Waals surface area contributed by atoms with Crippen molar-refractivity contribution in [2.75, 3.05) is 7.05 Å². The number of nitriles is 1. The molecule has 1 aromatic carbocycles. The molecule has 7 nitrogen and oxygen atoms in total. The molecule has 0 N–H and O–H groups in total. The minimum Gasteiger partial charge on any atom is -0.258 e. The van der Waals surface area contributed by atoms with E-state index >= 15 is 0 Å². The van der Waals surface area contributed by atoms with Gasteiger partial charge in [-0.15, -0.1) is 0 Å². The van der Waals surface area contributed by atoms with Gasteiger partial charge in [-0.25, -0.2) is 8.42 Å². The van der Waals surface area contributed by atoms with E-state index in [1.54, 1.807) is 6.92 Å². The van der Waals surface area contributed by atoms with E-state index < -0.39 is 26.7 Å². The fraction of sp³-hybridized carbons (Fsp3) is 0.364. The lowest BCUT2D eigenvalue weighted by molar-refractivity contribution is -0.384. The second-order valence-electron chi connectivity index (χ2n) is 4.10. The van der Waals surface area contributed by atoms with Gasteiger partial charge in [-0.1, -0.05) is 11.6 Å². The second-order valence-corrected chi connectivity index (χ2v) is 6.51. The van der Waals surface area contributed by atoms with E-state index in [9.17, 15) is 18.5 Å². The van der Waals surface area contributed by atoms with E-state index in [-0.39, 0.29) is 16.3 Å². The van der Waals surface area contributed by atoms with Gasteiger partial charge in [-0.2, -0.15) is 9.57 Å². The SMILES string of the molecule is CC(CC#N)N(C)S(=O)(=O)c1ccc(Cl)c([N+](=O)[O-])c1. The van der Waals surface area contributed by atoms with Crippen LogP contribution in [0.25, 0.3) is 0 Å². The Bertz CT molecular complexity index is 669. The fourth-order valence-corrected chi connectivity index (χ4v) is 3.02. The van der Waals surface area contributed by atoms with Crippen LogP contribution < -0.4 is 0 Å². The topological polar surface area (TPSA) is 104 Å². The predicted molar refractivity (Wildman–Crippen MR) is 72.7 cm³/mol. The molecule has 1 atom stereocenters. The highest BCUT2D eigenvalue weighted by atomic mass is 35.5. The summed E-state index contributed by atoms with van der Waals surface area (Å²) in [5.41, 5.74) is -0.478. The smallest absolute Gasteiger partial charge is 0.258 e. The lowest BCUT2D eigenvalue weighted by Crippen LogP contribution is -2.34. The third-order valence-corrected chi connectivity index (χ3v) is 5.09. The minimum absolute atomic E-state index is 0.0193. The normalized spacial score (nSPS) is 12.9. The summed E-state index contributed by atoms with van der Waals surface area (Å²) >= 11 is 5.64. The summed E-state index contributed by atoms with van der Waals surface area (Å²) in [7, 11) is -2.60. The molecule has 0 aliphatic rings. The van der Waals surface area contributed by atoms with E-state index in [1.807, 2.05) is 6.07 Å². The van der Waals surface area contributed by atoms with E-state index in [1.165, 1.54) is 13.1 Å². The van der Waals surface area contributed by atoms with E-state index in [0.717, 1.165) is 16.4 Å². The standard InChI is InChI=1S/C11H12ClN3O4S/c1-8(5-6-13)14(2)20(18,19)9-3-4-10(12)11(7-9)15(16)17/h3-4,7-8H,5H2,1-2H3. The molecule has 0 radical (unpaired) electrons. The van der Waals surface area contributed by atoms with E-state index in [0.29, 0.717) is 0 Å². The summed E-state index contributed by atoms with van der Waals surface area (Å²) in [4.78, 5) is 9.79. The molecular formula is C11H12ClN3O4S. The van der Waals surface area contributed by atoms with Crippen LogP contribution in [0.4, 0.5) is 5.69 Å². The number of hydrogen-bond donors (Lipinski definition) is 0. The van der Waals surface area contributed by atoms with Crippen LogP contribution in [0.1, 0.15) is 13.3 Å². The molecule has 0 aromatic heterocycles. The molecule has 108 valence electrons. The molecule has 0 saturated carbocycles. The van der Waals surface area contributed by atoms with Crippen molar-refractivity contribution in [3.8, 4) is 6.07 Å². The van der Waals surface area contributed by atoms with Gasteiger partial charge in [0.2, 0.25) is 10.0 Å². The Hall–Kier alpha value is -1.69. The predicted octanol–water partition coefficient (Wildman–Crippen LogP) is 2.17. The zero-order chi connectivity index (χ0) is 15.5. The molecule has 0 saturated heterocycles. The highest BCUT2D eigenvalue weighted by molar-refractivity contribution is 7.89. The summed E-state index contributed by atoms with van der Waals surface area (Å²) < 4.78 is 25.6. The first-order chi connectivity index (χ1) is 9.21. The van der Waals surface area contributed by atoms with Gasteiger partial charge >= 0.3 is 0 Å². The highest BCUT2D eigenvalue weighted by Gasteiger charge is 2.27. The summed E-state index contributed by atoms with van der Waals surface area (Å²) in [5.74, 6) is 0. The van der Waals surface area contributed by atoms with Crippen LogP contribution in [0.5, 0.6) is 0 Å². The number of rotatable bonds is 5. The van der Waals surface area contributed by atoms with Gasteiger partial charge in [-0.3, -0.25) is 10.1 Å². The van der Waals surface area contributed by atoms with E-state index in [2.05, 4.69) is 0 Å². The number of halogens is 1. The number of hydrogen-bond acceptors (Lipinski definition) is 5. The summed E-state index contributed by atoms with van der Waals surface area (Å²) in [6.45, 7) is 1.57. The van der Waals surface area contributed by atoms with Crippen molar-refractivity contribution in [1.82, 2.24) is 4.31 Å². The molecule has 0 fully saturated rings. The maximum atomic E-state index is 12.3. The zero-order valence-corrected chi connectivity index (χ0v) is 12.3. The summed E-state index contributed by atoms with van der Waals surface area (Å²) in [5, 5.41) is 19.2. The van der Waals surface area contributed by atoms with Gasteiger partial charge in [0, 0.05) is 19.2 Å². The van der Waals surface area contributed by atoms with Crippen molar-refractivity contribution in [3.05, 3.63) is 33.3 Å². The molecule has 0 aliphatic carbocycles. The molecule has 1 rings (SSSR count). The Labute approximate surface area is 121 Å². The third-order valence-electron chi connectivity index (χ3n) is 2.80. The van der Waals surface area contributed by atoms with Gasteiger partial charge in [0.15, 0.2) is 0 Å². The highest BCUT2D eigenvalue weighted by Crippen LogP contribution is 2.28. The molecule has 0 amide bonds. The average molecular weight is 318 g/mol. The molecule has 0 heterocycles. The van der Waals surface area contributed by atoms with Crippen molar-refractivity contribution in [1.29, 1.82) is 5.26 Å². The van der Waals surface area contributed by atoms with Crippen molar-refractivity contribution >= 4 is 27.3 Å². The van der Waals surface area contributed by atoms with Gasteiger partial charge in [-0.05, 0) is 19.1 Å². The molecule has 1 unspecified atom stereocenters. The number of nitro benzene ring substituents is 1. The zero-order valence-electron chi connectivity index (χ0n) is 10.8. The Morgan fingerprint density at radius 3 is 2.65 bits per heavy atom. The first kappa shape index (κ1) is 16.4. The average Bonchev–Trinajstić information content (AvgIpc) is 2.37. The number of nitrogens with zero attached hydrogens (tertiary/aromatic N) is 3. The van der Waals surface area contributed by atoms with Gasteiger partial charge < -0.3 is 0 Å². The molecule has 0 spiro atoms. The first-order valence-electron chi connectivity index (χ1n) is 5.50.